The van der Waals surface area contributed by atoms with Gasteiger partial charge in [0, 0.05) is 21.7 Å². The van der Waals surface area contributed by atoms with E-state index in [2.05, 4.69) is 21.2 Å². The first kappa shape index (κ1) is 13.4. The van der Waals surface area contributed by atoms with Crippen LogP contribution in [0.1, 0.15) is 11.1 Å². The van der Waals surface area contributed by atoms with E-state index in [0.29, 0.717) is 11.6 Å². The summed E-state index contributed by atoms with van der Waals surface area (Å²) in [5.74, 6) is -0.314. The number of aryl methyl sites for hydroxylation is 1. The number of hydrogen-bond acceptors (Lipinski definition) is 1. The monoisotopic (exact) mass is 327 g/mol. The van der Waals surface area contributed by atoms with E-state index in [-0.39, 0.29) is 5.82 Å². The maximum Gasteiger partial charge on any atom is 0.125 e. The fourth-order valence-corrected chi connectivity index (χ4v) is 2.16. The minimum absolute atomic E-state index is 0.314. The van der Waals surface area contributed by atoms with Gasteiger partial charge in [0.2, 0.25) is 0 Å². The Hall–Kier alpha value is -1.06. The molecule has 0 radical (unpaired) electrons. The number of benzene rings is 2. The third-order valence-corrected chi connectivity index (χ3v) is 3.68. The zero-order valence-corrected chi connectivity index (χ0v) is 12.1. The van der Waals surface area contributed by atoms with E-state index in [1.807, 2.05) is 25.1 Å². The zero-order valence-electron chi connectivity index (χ0n) is 9.81. The SMILES string of the molecule is Cc1cc(NCc2cc(F)cc(Cl)c2)ccc1Br. The molecule has 1 N–H and O–H groups in total. The molecular weight excluding hydrogens is 317 g/mol. The Morgan fingerprint density at radius 1 is 1.22 bits per heavy atom. The van der Waals surface area contributed by atoms with Crippen LogP contribution in [-0.2, 0) is 6.54 Å². The van der Waals surface area contributed by atoms with E-state index in [4.69, 9.17) is 11.6 Å². The molecule has 0 spiro atoms. The van der Waals surface area contributed by atoms with E-state index in [0.717, 1.165) is 21.3 Å². The molecule has 0 aliphatic heterocycles. The summed E-state index contributed by atoms with van der Waals surface area (Å²) in [6.07, 6.45) is 0. The summed E-state index contributed by atoms with van der Waals surface area (Å²) >= 11 is 9.25. The topological polar surface area (TPSA) is 12.0 Å². The van der Waals surface area contributed by atoms with Gasteiger partial charge in [-0.3, -0.25) is 0 Å². The van der Waals surface area contributed by atoms with Gasteiger partial charge in [0.25, 0.3) is 0 Å². The summed E-state index contributed by atoms with van der Waals surface area (Å²) in [4.78, 5) is 0. The lowest BCUT2D eigenvalue weighted by atomic mass is 10.2. The molecule has 0 unspecified atom stereocenters. The Balaban J connectivity index is 2.08. The zero-order chi connectivity index (χ0) is 13.1. The highest BCUT2D eigenvalue weighted by atomic mass is 79.9. The van der Waals surface area contributed by atoms with Crippen molar-refractivity contribution in [2.24, 2.45) is 0 Å². The fourth-order valence-electron chi connectivity index (χ4n) is 1.67. The Labute approximate surface area is 119 Å². The maximum atomic E-state index is 13.2. The molecule has 94 valence electrons. The number of halogens is 3. The molecule has 0 bridgehead atoms. The molecular formula is C14H12BrClFN. The largest absolute Gasteiger partial charge is 0.381 e. The van der Waals surface area contributed by atoms with Crippen molar-refractivity contribution in [2.75, 3.05) is 5.32 Å². The lowest BCUT2D eigenvalue weighted by Gasteiger charge is -2.09. The van der Waals surface area contributed by atoms with Crippen LogP contribution in [0, 0.1) is 12.7 Å². The first-order valence-electron chi connectivity index (χ1n) is 5.49. The molecule has 0 atom stereocenters. The molecule has 1 nitrogen and oxygen atoms in total. The highest BCUT2D eigenvalue weighted by molar-refractivity contribution is 9.10. The van der Waals surface area contributed by atoms with Gasteiger partial charge in [-0.25, -0.2) is 4.39 Å². The second kappa shape index (κ2) is 5.72. The minimum atomic E-state index is -0.314. The van der Waals surface area contributed by atoms with Crippen molar-refractivity contribution in [3.8, 4) is 0 Å². The van der Waals surface area contributed by atoms with Crippen molar-refractivity contribution in [2.45, 2.75) is 13.5 Å². The Bertz CT molecular complexity index is 551. The van der Waals surface area contributed by atoms with Crippen LogP contribution in [0.25, 0.3) is 0 Å². The lowest BCUT2D eigenvalue weighted by Crippen LogP contribution is -2.00. The second-order valence-corrected chi connectivity index (χ2v) is 5.39. The summed E-state index contributed by atoms with van der Waals surface area (Å²) in [5, 5.41) is 3.65. The Kier molecular flexibility index (Phi) is 4.25. The van der Waals surface area contributed by atoms with Crippen LogP contribution in [0.3, 0.4) is 0 Å². The molecule has 0 saturated heterocycles. The molecule has 2 rings (SSSR count). The first-order valence-corrected chi connectivity index (χ1v) is 6.67. The van der Waals surface area contributed by atoms with Crippen LogP contribution in [0.2, 0.25) is 5.02 Å². The first-order chi connectivity index (χ1) is 8.54. The van der Waals surface area contributed by atoms with E-state index in [1.165, 1.54) is 12.1 Å². The van der Waals surface area contributed by atoms with Gasteiger partial charge in [-0.05, 0) is 54.4 Å². The summed E-state index contributed by atoms with van der Waals surface area (Å²) in [7, 11) is 0. The van der Waals surface area contributed by atoms with E-state index >= 15 is 0 Å². The van der Waals surface area contributed by atoms with Crippen LogP contribution in [0.4, 0.5) is 10.1 Å². The van der Waals surface area contributed by atoms with Crippen molar-refractivity contribution < 1.29 is 4.39 Å². The normalized spacial score (nSPS) is 10.4. The molecule has 0 aliphatic rings. The lowest BCUT2D eigenvalue weighted by molar-refractivity contribution is 0.626. The predicted octanol–water partition coefficient (Wildman–Crippen LogP) is 5.16. The van der Waals surface area contributed by atoms with Crippen molar-refractivity contribution in [3.63, 3.8) is 0 Å². The van der Waals surface area contributed by atoms with Gasteiger partial charge in [-0.1, -0.05) is 27.5 Å². The van der Waals surface area contributed by atoms with E-state index in [1.54, 1.807) is 6.07 Å². The van der Waals surface area contributed by atoms with Crippen molar-refractivity contribution in [3.05, 3.63) is 62.8 Å². The molecule has 18 heavy (non-hydrogen) atoms. The minimum Gasteiger partial charge on any atom is -0.381 e. The molecule has 0 saturated carbocycles. The van der Waals surface area contributed by atoms with Gasteiger partial charge in [-0.2, -0.15) is 0 Å². The molecule has 4 heteroatoms. The van der Waals surface area contributed by atoms with E-state index in [9.17, 15) is 4.39 Å². The van der Waals surface area contributed by atoms with Crippen LogP contribution >= 0.6 is 27.5 Å². The number of hydrogen-bond donors (Lipinski definition) is 1. The maximum absolute atomic E-state index is 13.2. The molecule has 2 aromatic rings. The number of nitrogens with one attached hydrogen (secondary N) is 1. The van der Waals surface area contributed by atoms with Gasteiger partial charge >= 0.3 is 0 Å². The third kappa shape index (κ3) is 3.47. The van der Waals surface area contributed by atoms with Crippen LogP contribution in [-0.4, -0.2) is 0 Å². The quantitative estimate of drug-likeness (QED) is 0.820. The Morgan fingerprint density at radius 2 is 2.00 bits per heavy atom. The van der Waals surface area contributed by atoms with Crippen LogP contribution in [0.5, 0.6) is 0 Å². The number of anilines is 1. The fraction of sp³-hybridized carbons (Fsp3) is 0.143. The van der Waals surface area contributed by atoms with Gasteiger partial charge in [0.1, 0.15) is 5.82 Å². The highest BCUT2D eigenvalue weighted by Gasteiger charge is 2.01. The van der Waals surface area contributed by atoms with Gasteiger partial charge in [0.15, 0.2) is 0 Å². The summed E-state index contributed by atoms with van der Waals surface area (Å²) in [6, 6.07) is 10.5. The average molecular weight is 329 g/mol. The molecule has 2 aromatic carbocycles. The molecule has 0 aromatic heterocycles. The third-order valence-electron chi connectivity index (χ3n) is 2.58. The molecule has 0 heterocycles. The van der Waals surface area contributed by atoms with Crippen LogP contribution in [0.15, 0.2) is 40.9 Å². The second-order valence-electron chi connectivity index (χ2n) is 4.10. The van der Waals surface area contributed by atoms with Gasteiger partial charge in [0.05, 0.1) is 0 Å². The summed E-state index contributed by atoms with van der Waals surface area (Å²) in [6.45, 7) is 2.56. The standard InChI is InChI=1S/C14H12BrClFN/c1-9-4-13(2-3-14(9)15)18-8-10-5-11(16)7-12(17)6-10/h2-7,18H,8H2,1H3. The summed E-state index contributed by atoms with van der Waals surface area (Å²) < 4.78 is 14.2. The molecule has 0 aliphatic carbocycles. The van der Waals surface area contributed by atoms with Gasteiger partial charge < -0.3 is 5.32 Å². The average Bonchev–Trinajstić information content (AvgIpc) is 2.29. The predicted molar refractivity (Wildman–Crippen MR) is 77.6 cm³/mol. The highest BCUT2D eigenvalue weighted by Crippen LogP contribution is 2.21. The molecule has 0 amide bonds. The van der Waals surface area contributed by atoms with Crippen molar-refractivity contribution in [1.82, 2.24) is 0 Å². The number of rotatable bonds is 3. The summed E-state index contributed by atoms with van der Waals surface area (Å²) in [5.41, 5.74) is 2.97. The van der Waals surface area contributed by atoms with Crippen LogP contribution < -0.4 is 5.32 Å². The van der Waals surface area contributed by atoms with Gasteiger partial charge in [-0.15, -0.1) is 0 Å². The van der Waals surface area contributed by atoms with Crippen molar-refractivity contribution in [1.29, 1.82) is 0 Å². The van der Waals surface area contributed by atoms with Crippen molar-refractivity contribution >= 4 is 33.2 Å². The Morgan fingerprint density at radius 3 is 2.67 bits per heavy atom. The van der Waals surface area contributed by atoms with E-state index < -0.39 is 0 Å². The molecule has 0 fully saturated rings. The smallest absolute Gasteiger partial charge is 0.125 e.